The van der Waals surface area contributed by atoms with Gasteiger partial charge in [-0.25, -0.2) is 0 Å². The number of carbonyl (C=O) groups excluding carboxylic acids is 1. The number of nitrogens with one attached hydrogen (secondary N) is 1. The minimum absolute atomic E-state index is 0.107. The van der Waals surface area contributed by atoms with Crippen LogP contribution in [0.15, 0.2) is 22.7 Å². The highest BCUT2D eigenvalue weighted by molar-refractivity contribution is 9.10. The number of carbonyl (C=O) groups is 1. The molecule has 16 heavy (non-hydrogen) atoms. The summed E-state index contributed by atoms with van der Waals surface area (Å²) in [6.07, 6.45) is 0. The predicted molar refractivity (Wildman–Crippen MR) is 70.6 cm³/mol. The molecule has 0 radical (unpaired) electrons. The molecule has 5 heteroatoms. The topological polar surface area (TPSA) is 55.1 Å². The van der Waals surface area contributed by atoms with Gasteiger partial charge in [-0.2, -0.15) is 0 Å². The summed E-state index contributed by atoms with van der Waals surface area (Å²) in [6, 6.07) is 4.68. The van der Waals surface area contributed by atoms with Crippen molar-refractivity contribution in [1.29, 1.82) is 0 Å². The summed E-state index contributed by atoms with van der Waals surface area (Å²) < 4.78 is 0.741. The number of halogens is 2. The quantitative estimate of drug-likeness (QED) is 0.902. The van der Waals surface area contributed by atoms with Crippen LogP contribution in [0.4, 0.5) is 5.69 Å². The number of rotatable bonds is 3. The lowest BCUT2D eigenvalue weighted by molar-refractivity contribution is -0.118. The highest BCUT2D eigenvalue weighted by atomic mass is 79.9. The number of anilines is 1. The number of amides is 1. The number of hydrogen-bond donors (Lipinski definition) is 2. The highest BCUT2D eigenvalue weighted by Gasteiger charge is 2.17. The van der Waals surface area contributed by atoms with E-state index in [4.69, 9.17) is 17.3 Å². The van der Waals surface area contributed by atoms with Crippen molar-refractivity contribution in [3.63, 3.8) is 0 Å². The van der Waals surface area contributed by atoms with E-state index < -0.39 is 6.04 Å². The first-order chi connectivity index (χ1) is 7.41. The molecule has 0 aromatic heterocycles. The Morgan fingerprint density at radius 2 is 2.12 bits per heavy atom. The van der Waals surface area contributed by atoms with Crippen molar-refractivity contribution in [1.82, 2.24) is 0 Å². The van der Waals surface area contributed by atoms with Crippen LogP contribution in [0.25, 0.3) is 0 Å². The van der Waals surface area contributed by atoms with E-state index in [0.717, 1.165) is 4.47 Å². The summed E-state index contributed by atoms with van der Waals surface area (Å²) in [7, 11) is 0. The van der Waals surface area contributed by atoms with Crippen LogP contribution in [0.1, 0.15) is 13.8 Å². The molecular weight excluding hydrogens is 291 g/mol. The van der Waals surface area contributed by atoms with E-state index in [1.54, 1.807) is 18.2 Å². The lowest BCUT2D eigenvalue weighted by atomic mass is 10.1. The average molecular weight is 306 g/mol. The fourth-order valence-corrected chi connectivity index (χ4v) is 1.60. The molecule has 0 fully saturated rings. The fourth-order valence-electron chi connectivity index (χ4n) is 1.10. The third kappa shape index (κ3) is 3.47. The van der Waals surface area contributed by atoms with E-state index in [2.05, 4.69) is 21.2 Å². The zero-order valence-corrected chi connectivity index (χ0v) is 11.5. The molecule has 1 atom stereocenters. The van der Waals surface area contributed by atoms with E-state index >= 15 is 0 Å². The minimum atomic E-state index is -0.505. The Labute approximate surface area is 108 Å². The van der Waals surface area contributed by atoms with Crippen LogP contribution in [0, 0.1) is 5.92 Å². The first kappa shape index (κ1) is 13.5. The summed E-state index contributed by atoms with van der Waals surface area (Å²) in [6.45, 7) is 3.81. The van der Waals surface area contributed by atoms with Gasteiger partial charge in [-0.05, 0) is 40.0 Å². The second kappa shape index (κ2) is 5.66. The average Bonchev–Trinajstić information content (AvgIpc) is 2.22. The van der Waals surface area contributed by atoms with Crippen molar-refractivity contribution in [3.05, 3.63) is 27.7 Å². The first-order valence-electron chi connectivity index (χ1n) is 4.93. The van der Waals surface area contributed by atoms with Crippen LogP contribution in [-0.2, 0) is 4.79 Å². The van der Waals surface area contributed by atoms with Crippen LogP contribution in [0.5, 0.6) is 0 Å². The van der Waals surface area contributed by atoms with Crippen LogP contribution in [0.2, 0.25) is 5.02 Å². The molecular formula is C11H14BrClN2O. The lowest BCUT2D eigenvalue weighted by Crippen LogP contribution is -2.39. The predicted octanol–water partition coefficient (Wildman–Crippen LogP) is 3.02. The Morgan fingerprint density at radius 3 is 2.62 bits per heavy atom. The number of benzene rings is 1. The molecule has 1 rings (SSSR count). The van der Waals surface area contributed by atoms with Crippen molar-refractivity contribution in [3.8, 4) is 0 Å². The molecule has 0 bridgehead atoms. The Balaban J connectivity index is 2.74. The Morgan fingerprint density at radius 1 is 1.50 bits per heavy atom. The van der Waals surface area contributed by atoms with Gasteiger partial charge in [-0.3, -0.25) is 4.79 Å². The zero-order valence-electron chi connectivity index (χ0n) is 9.13. The second-order valence-corrected chi connectivity index (χ2v) is 5.15. The summed E-state index contributed by atoms with van der Waals surface area (Å²) in [5.74, 6) is -0.0834. The third-order valence-electron chi connectivity index (χ3n) is 2.21. The lowest BCUT2D eigenvalue weighted by Gasteiger charge is -2.15. The molecule has 1 unspecified atom stereocenters. The molecule has 1 aromatic carbocycles. The van der Waals surface area contributed by atoms with E-state index in [1.165, 1.54) is 0 Å². The van der Waals surface area contributed by atoms with Crippen LogP contribution in [-0.4, -0.2) is 11.9 Å². The molecule has 0 heterocycles. The van der Waals surface area contributed by atoms with Gasteiger partial charge in [-0.15, -0.1) is 0 Å². The maximum Gasteiger partial charge on any atom is 0.241 e. The van der Waals surface area contributed by atoms with E-state index in [9.17, 15) is 4.79 Å². The summed E-state index contributed by atoms with van der Waals surface area (Å²) in [5, 5.41) is 3.34. The molecule has 88 valence electrons. The van der Waals surface area contributed by atoms with Gasteiger partial charge in [0.1, 0.15) is 0 Å². The summed E-state index contributed by atoms with van der Waals surface area (Å²) in [4.78, 5) is 11.7. The van der Waals surface area contributed by atoms with Crippen LogP contribution >= 0.6 is 27.5 Å². The maximum atomic E-state index is 11.7. The highest BCUT2D eigenvalue weighted by Crippen LogP contribution is 2.25. The van der Waals surface area contributed by atoms with Gasteiger partial charge in [0.15, 0.2) is 0 Å². The van der Waals surface area contributed by atoms with Crippen molar-refractivity contribution in [2.24, 2.45) is 11.7 Å². The van der Waals surface area contributed by atoms with Gasteiger partial charge in [0.2, 0.25) is 5.91 Å². The smallest absolute Gasteiger partial charge is 0.241 e. The number of nitrogens with two attached hydrogens (primary N) is 1. The molecule has 3 N–H and O–H groups in total. The molecule has 0 aliphatic rings. The third-order valence-corrected chi connectivity index (χ3v) is 3.42. The largest absolute Gasteiger partial charge is 0.325 e. The molecule has 3 nitrogen and oxygen atoms in total. The maximum absolute atomic E-state index is 11.7. The summed E-state index contributed by atoms with van der Waals surface area (Å²) >= 11 is 9.13. The Kier molecular flexibility index (Phi) is 4.77. The van der Waals surface area contributed by atoms with Crippen molar-refractivity contribution < 1.29 is 4.79 Å². The molecule has 0 spiro atoms. The van der Waals surface area contributed by atoms with Gasteiger partial charge in [0, 0.05) is 10.2 Å². The zero-order chi connectivity index (χ0) is 12.3. The first-order valence-corrected chi connectivity index (χ1v) is 6.10. The van der Waals surface area contributed by atoms with Gasteiger partial charge in [0.25, 0.3) is 0 Å². The normalized spacial score (nSPS) is 12.6. The van der Waals surface area contributed by atoms with Gasteiger partial charge in [-0.1, -0.05) is 25.4 Å². The van der Waals surface area contributed by atoms with E-state index in [1.807, 2.05) is 13.8 Å². The molecule has 0 aliphatic carbocycles. The summed E-state index contributed by atoms with van der Waals surface area (Å²) in [5.41, 5.74) is 6.40. The fraction of sp³-hybridized carbons (Fsp3) is 0.364. The molecule has 0 saturated carbocycles. The van der Waals surface area contributed by atoms with E-state index in [0.29, 0.717) is 10.7 Å². The SMILES string of the molecule is CC(C)C(N)C(=O)Nc1ccc(Cl)c(Br)c1. The standard InChI is InChI=1S/C11H14BrClN2O/c1-6(2)10(14)11(16)15-7-3-4-9(13)8(12)5-7/h3-6,10H,14H2,1-2H3,(H,15,16). The molecule has 0 saturated heterocycles. The van der Waals surface area contributed by atoms with Crippen molar-refractivity contribution in [2.45, 2.75) is 19.9 Å². The minimum Gasteiger partial charge on any atom is -0.325 e. The van der Waals surface area contributed by atoms with Crippen molar-refractivity contribution in [2.75, 3.05) is 5.32 Å². The van der Waals surface area contributed by atoms with Gasteiger partial charge in [0.05, 0.1) is 11.1 Å². The van der Waals surface area contributed by atoms with Crippen LogP contribution < -0.4 is 11.1 Å². The monoisotopic (exact) mass is 304 g/mol. The second-order valence-electron chi connectivity index (χ2n) is 3.89. The molecule has 0 aliphatic heterocycles. The van der Waals surface area contributed by atoms with Crippen molar-refractivity contribution >= 4 is 39.1 Å². The molecule has 1 amide bonds. The van der Waals surface area contributed by atoms with Gasteiger partial charge < -0.3 is 11.1 Å². The molecule has 1 aromatic rings. The van der Waals surface area contributed by atoms with Crippen LogP contribution in [0.3, 0.4) is 0 Å². The van der Waals surface area contributed by atoms with Gasteiger partial charge >= 0.3 is 0 Å². The Bertz CT molecular complexity index is 396. The Hall–Kier alpha value is -0.580. The van der Waals surface area contributed by atoms with E-state index in [-0.39, 0.29) is 11.8 Å². The number of hydrogen-bond acceptors (Lipinski definition) is 2.